The second-order valence-corrected chi connectivity index (χ2v) is 11.5. The minimum absolute atomic E-state index is 0.0820. The van der Waals surface area contributed by atoms with E-state index in [1.54, 1.807) is 62.4 Å². The Balaban J connectivity index is 1.52. The number of Topliss-reactive ketones (excluding diaryl/α,β-unsaturated/α-hetero) is 1. The average Bonchev–Trinajstić information content (AvgIpc) is 3.49. The van der Waals surface area contributed by atoms with Crippen LogP contribution in [0.15, 0.2) is 82.8 Å². The molecule has 0 bridgehead atoms. The number of hydrogen-bond acceptors (Lipinski definition) is 8. The van der Waals surface area contributed by atoms with E-state index < -0.39 is 23.7 Å². The quantitative estimate of drug-likeness (QED) is 0.0960. The molecule has 1 aliphatic rings. The SMILES string of the molecule is CCOC(=O)c1sc(N2C(=O)C(=O)/C(=C(/O)c3ccc(OCc4ccccc4C)cc3)C2c2ccc(Br)cc2)nc1C. The maximum absolute atomic E-state index is 13.5. The molecule has 42 heavy (non-hydrogen) atoms. The van der Waals surface area contributed by atoms with E-state index >= 15 is 0 Å². The van der Waals surface area contributed by atoms with Crippen molar-refractivity contribution in [2.45, 2.75) is 33.4 Å². The minimum Gasteiger partial charge on any atom is -0.507 e. The van der Waals surface area contributed by atoms with Crippen molar-refractivity contribution in [3.63, 3.8) is 0 Å². The molecule has 3 aromatic carbocycles. The van der Waals surface area contributed by atoms with E-state index in [0.29, 0.717) is 29.2 Å². The number of aliphatic hydroxyl groups is 1. The highest BCUT2D eigenvalue weighted by molar-refractivity contribution is 9.10. The van der Waals surface area contributed by atoms with Gasteiger partial charge in [-0.3, -0.25) is 14.5 Å². The van der Waals surface area contributed by atoms with Gasteiger partial charge in [0.1, 0.15) is 23.0 Å². The molecule has 10 heteroatoms. The van der Waals surface area contributed by atoms with Crippen molar-refractivity contribution in [2.75, 3.05) is 11.5 Å². The van der Waals surface area contributed by atoms with Gasteiger partial charge >= 0.3 is 11.9 Å². The van der Waals surface area contributed by atoms with Gasteiger partial charge in [-0.05, 0) is 73.9 Å². The van der Waals surface area contributed by atoms with E-state index in [0.717, 1.165) is 26.9 Å². The highest BCUT2D eigenvalue weighted by atomic mass is 79.9. The molecule has 1 saturated heterocycles. The van der Waals surface area contributed by atoms with Gasteiger partial charge in [0.2, 0.25) is 0 Å². The zero-order chi connectivity index (χ0) is 30.0. The van der Waals surface area contributed by atoms with Crippen LogP contribution in [0.1, 0.15) is 50.6 Å². The average molecular weight is 648 g/mol. The molecular weight excluding hydrogens is 620 g/mol. The van der Waals surface area contributed by atoms with Crippen molar-refractivity contribution in [2.24, 2.45) is 0 Å². The lowest BCUT2D eigenvalue weighted by atomic mass is 9.95. The van der Waals surface area contributed by atoms with Crippen LogP contribution in [-0.4, -0.2) is 34.4 Å². The molecule has 5 rings (SSSR count). The van der Waals surface area contributed by atoms with Gasteiger partial charge in [0.15, 0.2) is 5.13 Å². The minimum atomic E-state index is -0.976. The molecule has 0 spiro atoms. The molecule has 2 heterocycles. The van der Waals surface area contributed by atoms with Gasteiger partial charge in [-0.2, -0.15) is 0 Å². The molecule has 1 unspecified atom stereocenters. The number of rotatable bonds is 8. The zero-order valence-electron chi connectivity index (χ0n) is 23.1. The molecule has 1 amide bonds. The number of esters is 1. The van der Waals surface area contributed by atoms with Crippen molar-refractivity contribution in [3.8, 4) is 5.75 Å². The maximum atomic E-state index is 13.5. The molecule has 1 fully saturated rings. The molecular formula is C32H27BrN2O6S. The third kappa shape index (κ3) is 5.73. The van der Waals surface area contributed by atoms with E-state index in [1.165, 1.54) is 4.90 Å². The Kier molecular flexibility index (Phi) is 8.56. The number of thiazole rings is 1. The van der Waals surface area contributed by atoms with Crippen molar-refractivity contribution in [1.82, 2.24) is 4.98 Å². The summed E-state index contributed by atoms with van der Waals surface area (Å²) in [6.07, 6.45) is 0. The van der Waals surface area contributed by atoms with E-state index in [4.69, 9.17) is 9.47 Å². The molecule has 1 aliphatic heterocycles. The number of aliphatic hydroxyl groups excluding tert-OH is 1. The van der Waals surface area contributed by atoms with Gasteiger partial charge in [-0.1, -0.05) is 63.7 Å². The summed E-state index contributed by atoms with van der Waals surface area (Å²) in [6.45, 7) is 5.92. The van der Waals surface area contributed by atoms with Crippen LogP contribution in [0.3, 0.4) is 0 Å². The van der Waals surface area contributed by atoms with Crippen LogP contribution >= 0.6 is 27.3 Å². The first-order chi connectivity index (χ1) is 20.2. The van der Waals surface area contributed by atoms with Crippen LogP contribution in [0.4, 0.5) is 5.13 Å². The van der Waals surface area contributed by atoms with Crippen molar-refractivity contribution >= 4 is 55.8 Å². The number of benzene rings is 3. The number of carbonyl (C=O) groups is 3. The van der Waals surface area contributed by atoms with Crippen LogP contribution < -0.4 is 9.64 Å². The van der Waals surface area contributed by atoms with Crippen LogP contribution in [0.5, 0.6) is 5.75 Å². The van der Waals surface area contributed by atoms with Gasteiger partial charge in [0.25, 0.3) is 5.78 Å². The summed E-state index contributed by atoms with van der Waals surface area (Å²) in [4.78, 5) is 45.3. The van der Waals surface area contributed by atoms with Gasteiger partial charge in [0, 0.05) is 10.0 Å². The Bertz CT molecular complexity index is 1690. The standard InChI is InChI=1S/C32H27BrN2O6S/c1-4-40-31(39)29-19(3)34-32(42-29)35-26(20-9-13-23(33)14-10-20)25(28(37)30(35)38)27(36)21-11-15-24(16-12-21)41-17-22-8-6-5-7-18(22)2/h5-16,26,36H,4,17H2,1-3H3/b27-25+. The number of ketones is 1. The molecule has 214 valence electrons. The van der Waals surface area contributed by atoms with Crippen LogP contribution in [0.25, 0.3) is 5.76 Å². The first-order valence-electron chi connectivity index (χ1n) is 13.2. The number of aryl methyl sites for hydroxylation is 2. The summed E-state index contributed by atoms with van der Waals surface area (Å²) in [5, 5.41) is 11.6. The molecule has 0 saturated carbocycles. The van der Waals surface area contributed by atoms with Crippen LogP contribution in [0.2, 0.25) is 0 Å². The van der Waals surface area contributed by atoms with Crippen molar-refractivity contribution < 1.29 is 29.0 Å². The number of amides is 1. The van der Waals surface area contributed by atoms with Crippen molar-refractivity contribution in [3.05, 3.63) is 116 Å². The van der Waals surface area contributed by atoms with Crippen LogP contribution in [0, 0.1) is 13.8 Å². The summed E-state index contributed by atoms with van der Waals surface area (Å²) in [6, 6.07) is 20.7. The van der Waals surface area contributed by atoms with Crippen LogP contribution in [-0.2, 0) is 20.9 Å². The lowest BCUT2D eigenvalue weighted by Gasteiger charge is -2.23. The number of carbonyl (C=O) groups excluding carboxylic acids is 3. The third-order valence-corrected chi connectivity index (χ3v) is 8.53. The highest BCUT2D eigenvalue weighted by Crippen LogP contribution is 2.44. The number of aromatic nitrogens is 1. The summed E-state index contributed by atoms with van der Waals surface area (Å²) in [7, 11) is 0. The number of halogens is 1. The Hall–Kier alpha value is -4.28. The fourth-order valence-electron chi connectivity index (χ4n) is 4.66. The van der Waals surface area contributed by atoms with E-state index in [1.807, 2.05) is 31.2 Å². The van der Waals surface area contributed by atoms with Gasteiger partial charge in [0.05, 0.1) is 23.9 Å². The second-order valence-electron chi connectivity index (χ2n) is 9.59. The number of anilines is 1. The summed E-state index contributed by atoms with van der Waals surface area (Å²) < 4.78 is 11.9. The lowest BCUT2D eigenvalue weighted by Crippen LogP contribution is -2.29. The van der Waals surface area contributed by atoms with E-state index in [-0.39, 0.29) is 27.9 Å². The predicted molar refractivity (Wildman–Crippen MR) is 164 cm³/mol. The molecule has 1 atom stereocenters. The third-order valence-electron chi connectivity index (χ3n) is 6.87. The molecule has 1 aromatic heterocycles. The molecule has 4 aromatic rings. The summed E-state index contributed by atoms with van der Waals surface area (Å²) in [5.41, 5.74) is 3.41. The fraction of sp³-hybridized carbons (Fsp3) is 0.188. The molecule has 0 radical (unpaired) electrons. The van der Waals surface area contributed by atoms with Gasteiger partial charge < -0.3 is 14.6 Å². The van der Waals surface area contributed by atoms with E-state index in [9.17, 15) is 19.5 Å². The Labute approximate surface area is 255 Å². The number of ether oxygens (including phenoxy) is 2. The molecule has 8 nitrogen and oxygen atoms in total. The second kappa shape index (κ2) is 12.3. The smallest absolute Gasteiger partial charge is 0.350 e. The monoisotopic (exact) mass is 646 g/mol. The van der Waals surface area contributed by atoms with Gasteiger partial charge in [-0.25, -0.2) is 9.78 Å². The fourth-order valence-corrected chi connectivity index (χ4v) is 5.91. The zero-order valence-corrected chi connectivity index (χ0v) is 25.5. The van der Waals surface area contributed by atoms with Gasteiger partial charge in [-0.15, -0.1) is 0 Å². The molecule has 1 N–H and O–H groups in total. The Morgan fingerprint density at radius 3 is 2.38 bits per heavy atom. The number of nitrogens with zero attached hydrogens (tertiary/aromatic N) is 2. The first kappa shape index (κ1) is 29.2. The lowest BCUT2D eigenvalue weighted by molar-refractivity contribution is -0.132. The van der Waals surface area contributed by atoms with E-state index in [2.05, 4.69) is 20.9 Å². The first-order valence-corrected chi connectivity index (χ1v) is 14.8. The summed E-state index contributed by atoms with van der Waals surface area (Å²) >= 11 is 4.38. The Morgan fingerprint density at radius 2 is 1.71 bits per heavy atom. The summed E-state index contributed by atoms with van der Waals surface area (Å²) in [5.74, 6) is -2.00. The highest BCUT2D eigenvalue weighted by Gasteiger charge is 2.48. The van der Waals surface area contributed by atoms with Crippen molar-refractivity contribution in [1.29, 1.82) is 0 Å². The predicted octanol–water partition coefficient (Wildman–Crippen LogP) is 6.90. The maximum Gasteiger partial charge on any atom is 0.350 e. The topological polar surface area (TPSA) is 106 Å². The Morgan fingerprint density at radius 1 is 1.02 bits per heavy atom. The normalized spacial score (nSPS) is 16.1. The largest absolute Gasteiger partial charge is 0.507 e. The number of hydrogen-bond donors (Lipinski definition) is 1. The molecule has 0 aliphatic carbocycles.